The fourth-order valence-corrected chi connectivity index (χ4v) is 16.5. The molecule has 49 heavy (non-hydrogen) atoms. The van der Waals surface area contributed by atoms with Crippen LogP contribution in [0.3, 0.4) is 0 Å². The number of rotatable bonds is 15. The Bertz CT molecular complexity index is 1520. The number of esters is 1. The zero-order valence-electron chi connectivity index (χ0n) is 30.2. The highest BCUT2D eigenvalue weighted by atomic mass is 35.5. The van der Waals surface area contributed by atoms with Crippen LogP contribution in [0.1, 0.15) is 61.3 Å². The van der Waals surface area contributed by atoms with E-state index in [1.54, 1.807) is 0 Å². The molecular weight excluding hydrogens is 660 g/mol. The predicted octanol–water partition coefficient (Wildman–Crippen LogP) is 8.02. The lowest BCUT2D eigenvalue weighted by molar-refractivity contribution is -0.145. The van der Waals surface area contributed by atoms with Gasteiger partial charge >= 0.3 is 5.97 Å². The second kappa shape index (κ2) is 17.1. The van der Waals surface area contributed by atoms with E-state index < -0.39 is 28.8 Å². The maximum absolute atomic E-state index is 13.4. The van der Waals surface area contributed by atoms with Crippen LogP contribution in [0.4, 0.5) is 0 Å². The van der Waals surface area contributed by atoms with Crippen molar-refractivity contribution < 1.29 is 18.4 Å². The molecule has 0 bridgehead atoms. The van der Waals surface area contributed by atoms with Crippen LogP contribution >= 0.6 is 11.6 Å². The van der Waals surface area contributed by atoms with Crippen LogP contribution in [0.5, 0.6) is 0 Å². The Morgan fingerprint density at radius 3 is 1.35 bits per heavy atom. The molecule has 4 aromatic carbocycles. The Kier molecular flexibility index (Phi) is 13.4. The fraction of sp³-hybridized carbons (Fsp3) is 0.357. The highest BCUT2D eigenvalue weighted by Crippen LogP contribution is 2.41. The zero-order chi connectivity index (χ0) is 35.5. The number of hydrogen-bond donors (Lipinski definition) is 0. The van der Waals surface area contributed by atoms with Gasteiger partial charge in [0.2, 0.25) is 0 Å². The number of halogens is 1. The van der Waals surface area contributed by atoms with E-state index in [4.69, 9.17) is 25.2 Å². The van der Waals surface area contributed by atoms with Crippen molar-refractivity contribution in [1.29, 1.82) is 0 Å². The summed E-state index contributed by atoms with van der Waals surface area (Å²) in [7, 11) is -5.99. The van der Waals surface area contributed by atoms with Gasteiger partial charge in [-0.1, -0.05) is 175 Å². The van der Waals surface area contributed by atoms with Gasteiger partial charge < -0.3 is 13.6 Å². The van der Waals surface area contributed by atoms with Crippen molar-refractivity contribution in [3.63, 3.8) is 0 Å². The minimum atomic E-state index is -3.03. The van der Waals surface area contributed by atoms with Gasteiger partial charge in [0.25, 0.3) is 16.6 Å². The molecule has 0 radical (unpaired) electrons. The lowest BCUT2D eigenvalue weighted by atomic mass is 10.1. The number of allylic oxidation sites excluding steroid dienone is 1. The van der Waals surface area contributed by atoms with Crippen LogP contribution in [0.15, 0.2) is 133 Å². The van der Waals surface area contributed by atoms with E-state index in [1.165, 1.54) is 10.4 Å². The molecule has 2 unspecified atom stereocenters. The molecule has 0 fully saturated rings. The van der Waals surface area contributed by atoms with E-state index in [-0.39, 0.29) is 22.5 Å². The van der Waals surface area contributed by atoms with Gasteiger partial charge in [-0.3, -0.25) is 4.79 Å². The molecular formula is C42H53ClO4Si2. The van der Waals surface area contributed by atoms with Gasteiger partial charge in [0.15, 0.2) is 0 Å². The predicted molar refractivity (Wildman–Crippen MR) is 211 cm³/mol. The largest absolute Gasteiger partial charge is 0.466 e. The molecule has 0 N–H and O–H groups in total. The molecule has 0 aromatic heterocycles. The summed E-state index contributed by atoms with van der Waals surface area (Å²) >= 11 is 6.30. The van der Waals surface area contributed by atoms with Crippen LogP contribution in [0.2, 0.25) is 10.1 Å². The van der Waals surface area contributed by atoms with Gasteiger partial charge in [0.05, 0.1) is 25.2 Å². The van der Waals surface area contributed by atoms with E-state index >= 15 is 0 Å². The van der Waals surface area contributed by atoms with Gasteiger partial charge in [-0.05, 0) is 37.7 Å². The molecule has 4 nitrogen and oxygen atoms in total. The molecule has 4 aromatic rings. The summed E-state index contributed by atoms with van der Waals surface area (Å²) in [5.41, 5.74) is 0. The third-order valence-corrected chi connectivity index (χ3v) is 19.5. The first-order valence-corrected chi connectivity index (χ1v) is 21.7. The SMILES string of the molecule is CCOC(=O)CC(CC(C=CCCl)O[Si](c1ccccc1)(c1ccccc1)C(C)(C)C)O[Si](c1ccccc1)(c1ccccc1)C(C)(C)C. The quantitative estimate of drug-likeness (QED) is 0.0542. The Hall–Kier alpha value is -3.27. The summed E-state index contributed by atoms with van der Waals surface area (Å²) in [6, 6.07) is 42.3. The average Bonchev–Trinajstić information content (AvgIpc) is 3.08. The molecule has 0 heterocycles. The molecule has 0 saturated heterocycles. The summed E-state index contributed by atoms with van der Waals surface area (Å²) in [5.74, 6) is 0.0644. The zero-order valence-corrected chi connectivity index (χ0v) is 33.0. The van der Waals surface area contributed by atoms with Crippen molar-refractivity contribution >= 4 is 55.0 Å². The summed E-state index contributed by atoms with van der Waals surface area (Å²) in [6.07, 6.45) is 3.67. The van der Waals surface area contributed by atoms with Gasteiger partial charge in [-0.2, -0.15) is 0 Å². The minimum absolute atomic E-state index is 0.105. The van der Waals surface area contributed by atoms with Crippen LogP contribution in [0, 0.1) is 0 Å². The second-order valence-electron chi connectivity index (χ2n) is 14.5. The first-order chi connectivity index (χ1) is 23.4. The van der Waals surface area contributed by atoms with Gasteiger partial charge in [0.1, 0.15) is 0 Å². The standard InChI is InChI=1S/C42H53ClO4Si2/c1-8-45-40(44)33-35(47-49(42(5,6)7,38-27-17-11-18-28-38)39-29-19-12-20-30-39)32-34(22-21-31-43)46-48(41(2,3)4,36-23-13-9-14-24-36)37-25-15-10-16-26-37/h9-30,34-35H,8,31-33H2,1-7H3. The van der Waals surface area contributed by atoms with Gasteiger partial charge in [-0.15, -0.1) is 11.6 Å². The number of benzene rings is 4. The Morgan fingerprint density at radius 1 is 0.653 bits per heavy atom. The summed E-state index contributed by atoms with van der Waals surface area (Å²) in [5, 5.41) is 4.17. The number of alkyl halides is 1. The highest BCUT2D eigenvalue weighted by Gasteiger charge is 2.54. The van der Waals surface area contributed by atoms with Crippen LogP contribution in [-0.2, 0) is 18.4 Å². The number of carbonyl (C=O) groups is 1. The van der Waals surface area contributed by atoms with Crippen LogP contribution in [-0.4, -0.2) is 47.3 Å². The first-order valence-electron chi connectivity index (χ1n) is 17.3. The topological polar surface area (TPSA) is 44.8 Å². The van der Waals surface area contributed by atoms with Crippen LogP contribution < -0.4 is 20.7 Å². The summed E-state index contributed by atoms with van der Waals surface area (Å²) in [6.45, 7) is 15.7. The van der Waals surface area contributed by atoms with E-state index in [0.717, 1.165) is 10.4 Å². The van der Waals surface area contributed by atoms with E-state index in [1.807, 2.05) is 37.3 Å². The normalized spacial score (nSPS) is 14.0. The molecule has 260 valence electrons. The maximum atomic E-state index is 13.4. The molecule has 2 atom stereocenters. The number of carbonyl (C=O) groups excluding carboxylic acids is 1. The Balaban J connectivity index is 1.91. The van der Waals surface area contributed by atoms with Crippen LogP contribution in [0.25, 0.3) is 0 Å². The molecule has 7 heteroatoms. The summed E-state index contributed by atoms with van der Waals surface area (Å²) < 4.78 is 20.8. The van der Waals surface area contributed by atoms with Gasteiger partial charge in [-0.25, -0.2) is 0 Å². The highest BCUT2D eigenvalue weighted by molar-refractivity contribution is 7.00. The molecule has 0 saturated carbocycles. The molecule has 4 rings (SSSR count). The third-order valence-electron chi connectivity index (χ3n) is 9.14. The Labute approximate surface area is 301 Å². The van der Waals surface area contributed by atoms with E-state index in [9.17, 15) is 4.79 Å². The molecule has 0 spiro atoms. The third kappa shape index (κ3) is 8.91. The van der Waals surface area contributed by atoms with Crippen molar-refractivity contribution in [1.82, 2.24) is 0 Å². The second-order valence-corrected chi connectivity index (χ2v) is 23.4. The maximum Gasteiger partial charge on any atom is 0.308 e. The van der Waals surface area contributed by atoms with Crippen molar-refractivity contribution in [2.24, 2.45) is 0 Å². The van der Waals surface area contributed by atoms with Crippen molar-refractivity contribution in [3.8, 4) is 0 Å². The molecule has 0 aliphatic rings. The van der Waals surface area contributed by atoms with E-state index in [2.05, 4.69) is 145 Å². The molecule has 0 aliphatic carbocycles. The lowest BCUT2D eigenvalue weighted by Gasteiger charge is -2.47. The minimum Gasteiger partial charge on any atom is -0.466 e. The lowest BCUT2D eigenvalue weighted by Crippen LogP contribution is -2.69. The molecule has 0 amide bonds. The molecule has 0 aliphatic heterocycles. The number of ether oxygens (including phenoxy) is 1. The van der Waals surface area contributed by atoms with Crippen molar-refractivity contribution in [2.75, 3.05) is 12.5 Å². The van der Waals surface area contributed by atoms with E-state index in [0.29, 0.717) is 18.9 Å². The van der Waals surface area contributed by atoms with Gasteiger partial charge in [0, 0.05) is 12.3 Å². The van der Waals surface area contributed by atoms with Crippen molar-refractivity contribution in [3.05, 3.63) is 133 Å². The van der Waals surface area contributed by atoms with Crippen molar-refractivity contribution in [2.45, 2.75) is 83.6 Å². The smallest absolute Gasteiger partial charge is 0.308 e. The monoisotopic (exact) mass is 712 g/mol. The average molecular weight is 714 g/mol. The number of hydrogen-bond acceptors (Lipinski definition) is 4. The fourth-order valence-electron chi connectivity index (χ4n) is 7.07. The Morgan fingerprint density at radius 2 is 1.02 bits per heavy atom. The summed E-state index contributed by atoms with van der Waals surface area (Å²) in [4.78, 5) is 13.4. The first kappa shape index (κ1) is 38.5.